The Kier molecular flexibility index (Phi) is 3.70. The molecule has 2 heterocycles. The van der Waals surface area contributed by atoms with Crippen molar-refractivity contribution in [3.63, 3.8) is 0 Å². The van der Waals surface area contributed by atoms with Crippen molar-refractivity contribution in [2.75, 3.05) is 0 Å². The quantitative estimate of drug-likeness (QED) is 0.736. The van der Waals surface area contributed by atoms with E-state index in [2.05, 4.69) is 28.1 Å². The van der Waals surface area contributed by atoms with E-state index >= 15 is 0 Å². The molecular formula is C19H14N2O2S. The van der Waals surface area contributed by atoms with Gasteiger partial charge >= 0.3 is 0 Å². The molecule has 4 nitrogen and oxygen atoms in total. The van der Waals surface area contributed by atoms with Crippen LogP contribution in [0.25, 0.3) is 17.0 Å². The van der Waals surface area contributed by atoms with Crippen LogP contribution in [0.1, 0.15) is 11.1 Å². The SMILES string of the molecule is O=C1NC(=O)C(=Cc2cccc3c2ccn3Cc2ccccc2)S1. The third kappa shape index (κ3) is 2.74. The summed E-state index contributed by atoms with van der Waals surface area (Å²) in [4.78, 5) is 23.5. The minimum absolute atomic E-state index is 0.319. The van der Waals surface area contributed by atoms with E-state index in [4.69, 9.17) is 0 Å². The molecule has 1 aliphatic heterocycles. The number of carbonyl (C=O) groups is 2. The molecule has 0 bridgehead atoms. The van der Waals surface area contributed by atoms with Gasteiger partial charge < -0.3 is 4.57 Å². The number of imide groups is 1. The zero-order valence-electron chi connectivity index (χ0n) is 12.7. The Morgan fingerprint density at radius 2 is 1.83 bits per heavy atom. The lowest BCUT2D eigenvalue weighted by molar-refractivity contribution is -0.115. The van der Waals surface area contributed by atoms with E-state index < -0.39 is 0 Å². The fourth-order valence-electron chi connectivity index (χ4n) is 2.85. The summed E-state index contributed by atoms with van der Waals surface area (Å²) < 4.78 is 2.18. The molecule has 0 unspecified atom stereocenters. The van der Waals surface area contributed by atoms with E-state index in [0.29, 0.717) is 4.91 Å². The van der Waals surface area contributed by atoms with Gasteiger partial charge in [0.2, 0.25) is 0 Å². The largest absolute Gasteiger partial charge is 0.343 e. The van der Waals surface area contributed by atoms with Gasteiger partial charge in [-0.25, -0.2) is 0 Å². The van der Waals surface area contributed by atoms with Crippen LogP contribution in [-0.2, 0) is 11.3 Å². The molecule has 1 aliphatic rings. The second kappa shape index (κ2) is 6.02. The van der Waals surface area contributed by atoms with E-state index in [1.165, 1.54) is 5.56 Å². The Morgan fingerprint density at radius 3 is 2.58 bits per heavy atom. The van der Waals surface area contributed by atoms with Gasteiger partial charge in [0, 0.05) is 23.6 Å². The number of hydrogen-bond donors (Lipinski definition) is 1. The first-order valence-corrected chi connectivity index (χ1v) is 8.39. The maximum Gasteiger partial charge on any atom is 0.290 e. The van der Waals surface area contributed by atoms with Crippen LogP contribution in [0.15, 0.2) is 65.7 Å². The van der Waals surface area contributed by atoms with Crippen LogP contribution in [-0.4, -0.2) is 15.7 Å². The van der Waals surface area contributed by atoms with Gasteiger partial charge in [0.1, 0.15) is 0 Å². The van der Waals surface area contributed by atoms with Gasteiger partial charge in [0.05, 0.1) is 4.91 Å². The second-order valence-corrected chi connectivity index (χ2v) is 6.58. The Morgan fingerprint density at radius 1 is 1.00 bits per heavy atom. The average Bonchev–Trinajstić information content (AvgIpc) is 3.13. The zero-order valence-corrected chi connectivity index (χ0v) is 13.5. The van der Waals surface area contributed by atoms with Crippen LogP contribution in [0.4, 0.5) is 4.79 Å². The molecule has 5 heteroatoms. The number of fused-ring (bicyclic) bond motifs is 1. The maximum absolute atomic E-state index is 11.7. The number of aromatic nitrogens is 1. The molecule has 2 aromatic carbocycles. The lowest BCUT2D eigenvalue weighted by Gasteiger charge is -2.06. The number of benzene rings is 2. The summed E-state index contributed by atoms with van der Waals surface area (Å²) in [5.74, 6) is -0.328. The number of amides is 2. The van der Waals surface area contributed by atoms with Gasteiger partial charge in [0.15, 0.2) is 0 Å². The summed E-state index contributed by atoms with van der Waals surface area (Å²) in [5, 5.41) is 3.03. The van der Waals surface area contributed by atoms with E-state index in [-0.39, 0.29) is 11.1 Å². The lowest BCUT2D eigenvalue weighted by atomic mass is 10.1. The predicted octanol–water partition coefficient (Wildman–Crippen LogP) is 4.01. The fraction of sp³-hybridized carbons (Fsp3) is 0.0526. The van der Waals surface area contributed by atoms with Gasteiger partial charge in [-0.2, -0.15) is 0 Å². The smallest absolute Gasteiger partial charge is 0.290 e. The number of hydrogen-bond acceptors (Lipinski definition) is 3. The van der Waals surface area contributed by atoms with Crippen molar-refractivity contribution in [3.8, 4) is 0 Å². The van der Waals surface area contributed by atoms with Gasteiger partial charge in [0.25, 0.3) is 11.1 Å². The summed E-state index contributed by atoms with van der Waals surface area (Å²) in [7, 11) is 0. The topological polar surface area (TPSA) is 51.1 Å². The molecule has 2 amide bonds. The minimum atomic E-state index is -0.328. The highest BCUT2D eigenvalue weighted by Crippen LogP contribution is 2.29. The number of nitrogens with one attached hydrogen (secondary N) is 1. The van der Waals surface area contributed by atoms with Gasteiger partial charge in [-0.05, 0) is 41.1 Å². The highest BCUT2D eigenvalue weighted by atomic mass is 32.2. The van der Waals surface area contributed by atoms with Crippen molar-refractivity contribution in [1.29, 1.82) is 0 Å². The summed E-state index contributed by atoms with van der Waals surface area (Å²) in [6.45, 7) is 0.790. The van der Waals surface area contributed by atoms with Crippen molar-refractivity contribution in [1.82, 2.24) is 9.88 Å². The van der Waals surface area contributed by atoms with E-state index in [1.54, 1.807) is 6.08 Å². The summed E-state index contributed by atoms with van der Waals surface area (Å²) >= 11 is 0.941. The normalized spacial score (nSPS) is 16.1. The predicted molar refractivity (Wildman–Crippen MR) is 96.6 cm³/mol. The van der Waals surface area contributed by atoms with Crippen molar-refractivity contribution >= 4 is 39.9 Å². The lowest BCUT2D eigenvalue weighted by Crippen LogP contribution is -2.17. The van der Waals surface area contributed by atoms with Crippen LogP contribution in [0.2, 0.25) is 0 Å². The summed E-state index contributed by atoms with van der Waals surface area (Å²) in [6.07, 6.45) is 3.83. The molecule has 1 aromatic heterocycles. The first kappa shape index (κ1) is 14.8. The number of thioether (sulfide) groups is 1. The molecule has 4 rings (SSSR count). The van der Waals surface area contributed by atoms with E-state index in [0.717, 1.165) is 34.8 Å². The third-order valence-corrected chi connectivity index (χ3v) is 4.78. The maximum atomic E-state index is 11.7. The summed E-state index contributed by atoms with van der Waals surface area (Å²) in [5.41, 5.74) is 3.27. The molecule has 1 fully saturated rings. The number of carbonyl (C=O) groups excluding carboxylic acids is 2. The molecule has 0 saturated carbocycles. The van der Waals surface area contributed by atoms with Crippen LogP contribution in [0, 0.1) is 0 Å². The van der Waals surface area contributed by atoms with Crippen LogP contribution in [0.5, 0.6) is 0 Å². The van der Waals surface area contributed by atoms with Crippen LogP contribution < -0.4 is 5.32 Å². The van der Waals surface area contributed by atoms with Gasteiger partial charge in [-0.3, -0.25) is 14.9 Å². The van der Waals surface area contributed by atoms with Crippen molar-refractivity contribution in [2.24, 2.45) is 0 Å². The number of nitrogens with zero attached hydrogens (tertiary/aromatic N) is 1. The molecule has 0 radical (unpaired) electrons. The Balaban J connectivity index is 1.73. The first-order valence-electron chi connectivity index (χ1n) is 7.57. The molecule has 1 N–H and O–H groups in total. The monoisotopic (exact) mass is 334 g/mol. The molecular weight excluding hydrogens is 320 g/mol. The van der Waals surface area contributed by atoms with Gasteiger partial charge in [-0.1, -0.05) is 42.5 Å². The Bertz CT molecular complexity index is 973. The molecule has 118 valence electrons. The highest BCUT2D eigenvalue weighted by Gasteiger charge is 2.25. The molecule has 0 aliphatic carbocycles. The second-order valence-electron chi connectivity index (χ2n) is 5.56. The van der Waals surface area contributed by atoms with Crippen molar-refractivity contribution in [3.05, 3.63) is 76.8 Å². The molecule has 24 heavy (non-hydrogen) atoms. The van der Waals surface area contributed by atoms with Crippen LogP contribution in [0.3, 0.4) is 0 Å². The molecule has 0 atom stereocenters. The number of rotatable bonds is 3. The van der Waals surface area contributed by atoms with Crippen molar-refractivity contribution < 1.29 is 9.59 Å². The van der Waals surface area contributed by atoms with Gasteiger partial charge in [-0.15, -0.1) is 0 Å². The minimum Gasteiger partial charge on any atom is -0.343 e. The summed E-state index contributed by atoms with van der Waals surface area (Å²) in [6, 6.07) is 18.3. The standard InChI is InChI=1S/C19H14N2O2S/c22-18-17(24-19(23)20-18)11-14-7-4-8-16-15(14)9-10-21(16)12-13-5-2-1-3-6-13/h1-11H,12H2,(H,20,22,23). The zero-order chi connectivity index (χ0) is 16.5. The van der Waals surface area contributed by atoms with E-state index in [1.807, 2.05) is 42.6 Å². The highest BCUT2D eigenvalue weighted by molar-refractivity contribution is 8.18. The third-order valence-electron chi connectivity index (χ3n) is 3.97. The van der Waals surface area contributed by atoms with E-state index in [9.17, 15) is 9.59 Å². The fourth-order valence-corrected chi connectivity index (χ4v) is 3.53. The van der Waals surface area contributed by atoms with Crippen LogP contribution >= 0.6 is 11.8 Å². The molecule has 1 saturated heterocycles. The molecule has 3 aromatic rings. The van der Waals surface area contributed by atoms with Crippen molar-refractivity contribution in [2.45, 2.75) is 6.54 Å². The average molecular weight is 334 g/mol. The Hall–Kier alpha value is -2.79. The Labute approximate surface area is 143 Å². The molecule has 0 spiro atoms. The first-order chi connectivity index (χ1) is 11.7.